The van der Waals surface area contributed by atoms with E-state index in [0.717, 1.165) is 36.8 Å². The molecule has 1 aliphatic rings. The zero-order valence-corrected chi connectivity index (χ0v) is 17.0. The maximum absolute atomic E-state index is 9.65. The summed E-state index contributed by atoms with van der Waals surface area (Å²) >= 11 is 6.05. The van der Waals surface area contributed by atoms with Gasteiger partial charge in [0, 0.05) is 22.7 Å². The molecule has 1 saturated heterocycles. The van der Waals surface area contributed by atoms with Crippen molar-refractivity contribution in [2.75, 3.05) is 26.7 Å². The monoisotopic (exact) mass is 407 g/mol. The molecule has 0 N–H and O–H groups in total. The van der Waals surface area contributed by atoms with Gasteiger partial charge in [0.1, 0.15) is 23.3 Å². The molecule has 148 valence electrons. The van der Waals surface area contributed by atoms with Gasteiger partial charge in [0.25, 0.3) is 0 Å². The lowest BCUT2D eigenvalue weighted by atomic mass is 9.98. The fourth-order valence-corrected chi connectivity index (χ4v) is 3.72. The van der Waals surface area contributed by atoms with E-state index in [4.69, 9.17) is 21.1 Å². The molecule has 0 atom stereocenters. The van der Waals surface area contributed by atoms with Crippen LogP contribution in [0.15, 0.2) is 48.7 Å². The van der Waals surface area contributed by atoms with Gasteiger partial charge in [0.05, 0.1) is 17.7 Å². The number of pyridine rings is 1. The number of ether oxygens (including phenoxy) is 2. The molecule has 5 nitrogen and oxygen atoms in total. The molecule has 0 radical (unpaired) electrons. The number of aromatic nitrogens is 1. The summed E-state index contributed by atoms with van der Waals surface area (Å²) in [6, 6.07) is 14.8. The number of nitriles is 1. The lowest BCUT2D eigenvalue weighted by Gasteiger charge is -2.28. The highest BCUT2D eigenvalue weighted by Crippen LogP contribution is 2.34. The minimum Gasteiger partial charge on any atom is -0.492 e. The second kappa shape index (κ2) is 8.69. The Hall–Kier alpha value is -2.81. The number of likely N-dealkylation sites (tertiary alicyclic amines) is 1. The third-order valence-corrected chi connectivity index (χ3v) is 5.50. The zero-order valence-electron chi connectivity index (χ0n) is 16.3. The predicted molar refractivity (Wildman–Crippen MR) is 114 cm³/mol. The molecule has 0 saturated carbocycles. The quantitative estimate of drug-likeness (QED) is 0.576. The SMILES string of the molecule is CN1CCC(COc2cc3nccc(Oc4cccc(Cl)c4)c3cc2C#N)CC1. The number of halogens is 1. The molecular formula is C23H22ClN3O2. The highest BCUT2D eigenvalue weighted by Gasteiger charge is 2.18. The zero-order chi connectivity index (χ0) is 20.2. The van der Waals surface area contributed by atoms with E-state index in [1.807, 2.05) is 18.2 Å². The van der Waals surface area contributed by atoms with Crippen LogP contribution in [0, 0.1) is 17.2 Å². The molecule has 0 aliphatic carbocycles. The molecule has 1 fully saturated rings. The first-order chi connectivity index (χ1) is 14.1. The van der Waals surface area contributed by atoms with Crippen LogP contribution >= 0.6 is 11.6 Å². The predicted octanol–water partition coefficient (Wildman–Crippen LogP) is 5.27. The Bertz CT molecular complexity index is 1060. The van der Waals surface area contributed by atoms with Crippen molar-refractivity contribution in [3.63, 3.8) is 0 Å². The Balaban J connectivity index is 1.58. The first kappa shape index (κ1) is 19.5. The van der Waals surface area contributed by atoms with E-state index in [1.54, 1.807) is 30.5 Å². The van der Waals surface area contributed by atoms with E-state index in [0.29, 0.717) is 40.4 Å². The summed E-state index contributed by atoms with van der Waals surface area (Å²) in [5.41, 5.74) is 1.20. The smallest absolute Gasteiger partial charge is 0.139 e. The molecule has 0 bridgehead atoms. The van der Waals surface area contributed by atoms with E-state index in [2.05, 4.69) is 23.0 Å². The molecule has 3 aromatic rings. The molecule has 29 heavy (non-hydrogen) atoms. The number of hydrogen-bond acceptors (Lipinski definition) is 5. The molecule has 0 unspecified atom stereocenters. The molecule has 4 rings (SSSR count). The summed E-state index contributed by atoms with van der Waals surface area (Å²) in [6.07, 6.45) is 3.92. The van der Waals surface area contributed by atoms with Crippen LogP contribution in [-0.2, 0) is 0 Å². The lowest BCUT2D eigenvalue weighted by Crippen LogP contribution is -2.32. The largest absolute Gasteiger partial charge is 0.492 e. The lowest BCUT2D eigenvalue weighted by molar-refractivity contribution is 0.160. The van der Waals surface area contributed by atoms with Gasteiger partial charge in [-0.2, -0.15) is 5.26 Å². The van der Waals surface area contributed by atoms with Crippen molar-refractivity contribution in [1.82, 2.24) is 9.88 Å². The van der Waals surface area contributed by atoms with Crippen LogP contribution in [0.1, 0.15) is 18.4 Å². The first-order valence-electron chi connectivity index (χ1n) is 9.70. The van der Waals surface area contributed by atoms with Crippen molar-refractivity contribution in [2.45, 2.75) is 12.8 Å². The standard InChI is InChI=1S/C23H22ClN3O2/c1-27-9-6-16(7-10-27)15-28-23-13-21-20(11-17(23)14-25)22(5-8-26-21)29-19-4-2-3-18(24)12-19/h2-5,8,11-13,16H,6-7,9-10,15H2,1H3. The van der Waals surface area contributed by atoms with E-state index in [-0.39, 0.29) is 0 Å². The van der Waals surface area contributed by atoms with Gasteiger partial charge in [0.2, 0.25) is 0 Å². The molecule has 6 heteroatoms. The van der Waals surface area contributed by atoms with E-state index in [1.165, 1.54) is 0 Å². The Morgan fingerprint density at radius 3 is 2.76 bits per heavy atom. The average molecular weight is 408 g/mol. The van der Waals surface area contributed by atoms with Crippen LogP contribution in [0.25, 0.3) is 10.9 Å². The van der Waals surface area contributed by atoms with Crippen molar-refractivity contribution in [3.8, 4) is 23.3 Å². The van der Waals surface area contributed by atoms with Crippen LogP contribution in [0.2, 0.25) is 5.02 Å². The first-order valence-corrected chi connectivity index (χ1v) is 10.1. The van der Waals surface area contributed by atoms with E-state index in [9.17, 15) is 5.26 Å². The van der Waals surface area contributed by atoms with Gasteiger partial charge in [-0.25, -0.2) is 0 Å². The van der Waals surface area contributed by atoms with Gasteiger partial charge < -0.3 is 14.4 Å². The van der Waals surface area contributed by atoms with Crippen molar-refractivity contribution in [1.29, 1.82) is 5.26 Å². The van der Waals surface area contributed by atoms with Crippen LogP contribution in [0.5, 0.6) is 17.2 Å². The maximum atomic E-state index is 9.65. The summed E-state index contributed by atoms with van der Waals surface area (Å²) in [5, 5.41) is 11.0. The van der Waals surface area contributed by atoms with Gasteiger partial charge >= 0.3 is 0 Å². The molecule has 0 spiro atoms. The number of piperidine rings is 1. The van der Waals surface area contributed by atoms with Crippen molar-refractivity contribution >= 4 is 22.5 Å². The summed E-state index contributed by atoms with van der Waals surface area (Å²) in [5.74, 6) is 2.34. The fourth-order valence-electron chi connectivity index (χ4n) is 3.54. The molecule has 0 amide bonds. The topological polar surface area (TPSA) is 58.4 Å². The summed E-state index contributed by atoms with van der Waals surface area (Å²) in [7, 11) is 2.14. The second-order valence-corrected chi connectivity index (χ2v) is 7.84. The van der Waals surface area contributed by atoms with Gasteiger partial charge in [-0.15, -0.1) is 0 Å². The van der Waals surface area contributed by atoms with Crippen molar-refractivity contribution < 1.29 is 9.47 Å². The fraction of sp³-hybridized carbons (Fsp3) is 0.304. The van der Waals surface area contributed by atoms with Gasteiger partial charge in [0.15, 0.2) is 0 Å². The number of hydrogen-bond donors (Lipinski definition) is 0. The number of rotatable bonds is 5. The maximum Gasteiger partial charge on any atom is 0.139 e. The van der Waals surface area contributed by atoms with Crippen molar-refractivity contribution in [2.24, 2.45) is 5.92 Å². The highest BCUT2D eigenvalue weighted by atomic mass is 35.5. The van der Waals surface area contributed by atoms with Crippen molar-refractivity contribution in [3.05, 3.63) is 59.2 Å². The Labute approximate surface area is 175 Å². The Morgan fingerprint density at radius 2 is 2.00 bits per heavy atom. The van der Waals surface area contributed by atoms with Crippen LogP contribution in [0.3, 0.4) is 0 Å². The van der Waals surface area contributed by atoms with E-state index >= 15 is 0 Å². The Morgan fingerprint density at radius 1 is 1.17 bits per heavy atom. The Kier molecular flexibility index (Phi) is 5.84. The minimum atomic E-state index is 0.481. The van der Waals surface area contributed by atoms with E-state index < -0.39 is 0 Å². The highest BCUT2D eigenvalue weighted by molar-refractivity contribution is 6.30. The van der Waals surface area contributed by atoms with Gasteiger partial charge in [-0.1, -0.05) is 17.7 Å². The van der Waals surface area contributed by atoms with Gasteiger partial charge in [-0.3, -0.25) is 4.98 Å². The third kappa shape index (κ3) is 4.61. The van der Waals surface area contributed by atoms with Crippen LogP contribution in [0.4, 0.5) is 0 Å². The third-order valence-electron chi connectivity index (χ3n) is 5.26. The number of benzene rings is 2. The number of fused-ring (bicyclic) bond motifs is 1. The normalized spacial score (nSPS) is 15.2. The molecule has 1 aliphatic heterocycles. The molecular weight excluding hydrogens is 386 g/mol. The van der Waals surface area contributed by atoms with Crippen LogP contribution < -0.4 is 9.47 Å². The summed E-state index contributed by atoms with van der Waals surface area (Å²) < 4.78 is 12.0. The summed E-state index contributed by atoms with van der Waals surface area (Å²) in [6.45, 7) is 2.79. The molecule has 2 heterocycles. The second-order valence-electron chi connectivity index (χ2n) is 7.40. The molecule has 1 aromatic heterocycles. The number of nitrogens with zero attached hydrogens (tertiary/aromatic N) is 3. The van der Waals surface area contributed by atoms with Crippen LogP contribution in [-0.4, -0.2) is 36.6 Å². The molecule has 2 aromatic carbocycles. The van der Waals surface area contributed by atoms with Gasteiger partial charge in [-0.05, 0) is 69.2 Å². The average Bonchev–Trinajstić information content (AvgIpc) is 2.73. The minimum absolute atomic E-state index is 0.481. The summed E-state index contributed by atoms with van der Waals surface area (Å²) in [4.78, 5) is 6.77.